The van der Waals surface area contributed by atoms with Gasteiger partial charge in [-0.1, -0.05) is 12.1 Å². The van der Waals surface area contributed by atoms with Gasteiger partial charge in [0.15, 0.2) is 0 Å². The second-order valence-corrected chi connectivity index (χ2v) is 8.52. The van der Waals surface area contributed by atoms with Crippen molar-refractivity contribution in [1.29, 1.82) is 0 Å². The fourth-order valence-corrected chi connectivity index (χ4v) is 3.92. The molecule has 9 heteroatoms. The fourth-order valence-electron chi connectivity index (χ4n) is 3.92. The molecule has 1 amide bonds. The number of amides is 1. The number of alkyl halides is 5. The summed E-state index contributed by atoms with van der Waals surface area (Å²) < 4.78 is 63.4. The zero-order valence-corrected chi connectivity index (χ0v) is 18.9. The van der Waals surface area contributed by atoms with Gasteiger partial charge in [-0.05, 0) is 68.0 Å². The van der Waals surface area contributed by atoms with Gasteiger partial charge in [-0.15, -0.1) is 0 Å². The molecule has 2 aromatic carbocycles. The Labute approximate surface area is 196 Å². The van der Waals surface area contributed by atoms with Crippen molar-refractivity contribution >= 4 is 23.0 Å². The standard InChI is InChI=1S/C25H30F5N3O/c26-16-20(27)5-1-2-6-24(34)32-22-12-11-21(15-23(22)33-13-3-4-14-33)31-17-18-7-9-19(10-8-18)25(28,29)30/h7-12,15,20,31H,1-6,13-14,16-17H2,(H,32,34). The highest BCUT2D eigenvalue weighted by Crippen LogP contribution is 2.33. The minimum absolute atomic E-state index is 0.113. The van der Waals surface area contributed by atoms with Crippen molar-refractivity contribution in [2.24, 2.45) is 0 Å². The number of unbranched alkanes of at least 4 members (excludes halogenated alkanes) is 1. The molecule has 4 nitrogen and oxygen atoms in total. The summed E-state index contributed by atoms with van der Waals surface area (Å²) in [5.74, 6) is -0.179. The quantitative estimate of drug-likeness (QED) is 0.275. The summed E-state index contributed by atoms with van der Waals surface area (Å²) in [6, 6.07) is 10.6. The van der Waals surface area contributed by atoms with Crippen LogP contribution in [0, 0.1) is 0 Å². The third-order valence-corrected chi connectivity index (χ3v) is 5.84. The van der Waals surface area contributed by atoms with Crippen LogP contribution in [0.1, 0.15) is 49.7 Å². The van der Waals surface area contributed by atoms with E-state index in [-0.39, 0.29) is 18.7 Å². The molecule has 1 fully saturated rings. The topological polar surface area (TPSA) is 44.4 Å². The van der Waals surface area contributed by atoms with Crippen molar-refractivity contribution in [1.82, 2.24) is 0 Å². The Kier molecular flexibility index (Phi) is 9.12. The highest BCUT2D eigenvalue weighted by Gasteiger charge is 2.29. The number of benzene rings is 2. The van der Waals surface area contributed by atoms with E-state index in [0.717, 1.165) is 55.0 Å². The van der Waals surface area contributed by atoms with Gasteiger partial charge in [0.1, 0.15) is 12.8 Å². The summed E-state index contributed by atoms with van der Waals surface area (Å²) in [5.41, 5.74) is 2.39. The van der Waals surface area contributed by atoms with Crippen molar-refractivity contribution in [2.75, 3.05) is 35.3 Å². The highest BCUT2D eigenvalue weighted by molar-refractivity contribution is 5.95. The molecule has 34 heavy (non-hydrogen) atoms. The molecule has 1 heterocycles. The lowest BCUT2D eigenvalue weighted by atomic mass is 10.1. The van der Waals surface area contributed by atoms with E-state index in [9.17, 15) is 26.7 Å². The second kappa shape index (κ2) is 12.0. The van der Waals surface area contributed by atoms with Crippen LogP contribution in [0.2, 0.25) is 0 Å². The largest absolute Gasteiger partial charge is 0.416 e. The van der Waals surface area contributed by atoms with Crippen molar-refractivity contribution in [3.05, 3.63) is 53.6 Å². The minimum atomic E-state index is -4.36. The van der Waals surface area contributed by atoms with Crippen LogP contribution >= 0.6 is 0 Å². The second-order valence-electron chi connectivity index (χ2n) is 8.52. The molecule has 0 radical (unpaired) electrons. The fraction of sp³-hybridized carbons (Fsp3) is 0.480. The van der Waals surface area contributed by atoms with Crippen molar-refractivity contribution in [3.63, 3.8) is 0 Å². The molecule has 2 N–H and O–H groups in total. The molecule has 1 unspecified atom stereocenters. The van der Waals surface area contributed by atoms with Gasteiger partial charge in [0.2, 0.25) is 5.91 Å². The Morgan fingerprint density at radius 3 is 2.38 bits per heavy atom. The average molecular weight is 484 g/mol. The van der Waals surface area contributed by atoms with Crippen LogP contribution in [0.3, 0.4) is 0 Å². The first-order chi connectivity index (χ1) is 16.3. The van der Waals surface area contributed by atoms with Crippen LogP contribution in [0.5, 0.6) is 0 Å². The molecule has 186 valence electrons. The lowest BCUT2D eigenvalue weighted by Gasteiger charge is -2.23. The lowest BCUT2D eigenvalue weighted by molar-refractivity contribution is -0.137. The number of halogens is 5. The Morgan fingerprint density at radius 2 is 1.74 bits per heavy atom. The zero-order chi connectivity index (χ0) is 24.6. The maximum atomic E-state index is 13.0. The summed E-state index contributed by atoms with van der Waals surface area (Å²) >= 11 is 0. The van der Waals surface area contributed by atoms with E-state index >= 15 is 0 Å². The van der Waals surface area contributed by atoms with Gasteiger partial charge >= 0.3 is 6.18 Å². The summed E-state index contributed by atoms with van der Waals surface area (Å²) in [7, 11) is 0. The maximum absolute atomic E-state index is 13.0. The molecule has 0 bridgehead atoms. The molecular formula is C25H30F5N3O. The van der Waals surface area contributed by atoms with Crippen molar-refractivity contribution < 1.29 is 26.7 Å². The summed E-state index contributed by atoms with van der Waals surface area (Å²) in [4.78, 5) is 14.6. The summed E-state index contributed by atoms with van der Waals surface area (Å²) in [6.45, 7) is 1.10. The first kappa shape index (κ1) is 25.8. The summed E-state index contributed by atoms with van der Waals surface area (Å²) in [5, 5.41) is 6.16. The number of nitrogens with one attached hydrogen (secondary N) is 2. The Hall–Kier alpha value is -2.84. The van der Waals surface area contributed by atoms with Crippen LogP contribution in [-0.2, 0) is 17.5 Å². The molecule has 0 saturated carbocycles. The first-order valence-electron chi connectivity index (χ1n) is 11.5. The lowest BCUT2D eigenvalue weighted by Crippen LogP contribution is -2.21. The van der Waals surface area contributed by atoms with Gasteiger partial charge in [0.25, 0.3) is 0 Å². The average Bonchev–Trinajstić information content (AvgIpc) is 3.35. The normalized spacial score (nSPS) is 14.8. The van der Waals surface area contributed by atoms with Gasteiger partial charge < -0.3 is 15.5 Å². The van der Waals surface area contributed by atoms with Crippen molar-refractivity contribution in [3.8, 4) is 0 Å². The summed E-state index contributed by atoms with van der Waals surface area (Å²) in [6.07, 6.45) is -2.45. The molecule has 1 aliphatic rings. The number of carbonyl (C=O) groups excluding carboxylic acids is 1. The van der Waals surface area contributed by atoms with E-state index < -0.39 is 24.6 Å². The molecule has 1 atom stereocenters. The van der Waals surface area contributed by atoms with Gasteiger partial charge in [0.05, 0.1) is 16.9 Å². The molecular weight excluding hydrogens is 453 g/mol. The Morgan fingerprint density at radius 1 is 1.03 bits per heavy atom. The van der Waals surface area contributed by atoms with Crippen LogP contribution in [0.25, 0.3) is 0 Å². The van der Waals surface area contributed by atoms with Crippen LogP contribution in [-0.4, -0.2) is 31.8 Å². The molecule has 2 aromatic rings. The minimum Gasteiger partial charge on any atom is -0.381 e. The van der Waals surface area contributed by atoms with Crippen LogP contribution in [0.4, 0.5) is 39.0 Å². The predicted molar refractivity (Wildman–Crippen MR) is 125 cm³/mol. The first-order valence-corrected chi connectivity index (χ1v) is 11.5. The Bertz CT molecular complexity index is 927. The van der Waals surface area contributed by atoms with Crippen LogP contribution in [0.15, 0.2) is 42.5 Å². The monoisotopic (exact) mass is 483 g/mol. The number of hydrogen-bond acceptors (Lipinski definition) is 3. The molecule has 3 rings (SSSR count). The number of rotatable bonds is 11. The van der Waals surface area contributed by atoms with Crippen LogP contribution < -0.4 is 15.5 Å². The third-order valence-electron chi connectivity index (χ3n) is 5.84. The Balaban J connectivity index is 1.61. The maximum Gasteiger partial charge on any atom is 0.416 e. The van der Waals surface area contributed by atoms with E-state index in [1.165, 1.54) is 12.1 Å². The molecule has 0 aliphatic carbocycles. The van der Waals surface area contributed by atoms with Gasteiger partial charge in [0, 0.05) is 31.7 Å². The smallest absolute Gasteiger partial charge is 0.381 e. The van der Waals surface area contributed by atoms with Gasteiger partial charge in [-0.3, -0.25) is 4.79 Å². The molecule has 0 aromatic heterocycles. The molecule has 1 aliphatic heterocycles. The van der Waals surface area contributed by atoms with Crippen molar-refractivity contribution in [2.45, 2.75) is 57.4 Å². The van der Waals surface area contributed by atoms with Gasteiger partial charge in [-0.2, -0.15) is 13.2 Å². The van der Waals surface area contributed by atoms with E-state index in [0.29, 0.717) is 25.1 Å². The number of anilines is 3. The highest BCUT2D eigenvalue weighted by atomic mass is 19.4. The third kappa shape index (κ3) is 7.60. The number of carbonyl (C=O) groups is 1. The molecule has 0 spiro atoms. The van der Waals surface area contributed by atoms with Gasteiger partial charge in [-0.25, -0.2) is 8.78 Å². The zero-order valence-electron chi connectivity index (χ0n) is 18.9. The predicted octanol–water partition coefficient (Wildman–Crippen LogP) is 6.72. The van der Waals surface area contributed by atoms with E-state index in [1.807, 2.05) is 12.1 Å². The van der Waals surface area contributed by atoms with E-state index in [4.69, 9.17) is 0 Å². The number of nitrogens with zero attached hydrogens (tertiary/aromatic N) is 1. The molecule has 1 saturated heterocycles. The SMILES string of the molecule is O=C(CCCCC(F)CF)Nc1ccc(NCc2ccc(C(F)(F)F)cc2)cc1N1CCCC1. The van der Waals surface area contributed by atoms with E-state index in [2.05, 4.69) is 15.5 Å². The van der Waals surface area contributed by atoms with E-state index in [1.54, 1.807) is 6.07 Å². The number of hydrogen-bond donors (Lipinski definition) is 2.